The number of carbonyl (C=O) groups is 1. The zero-order valence-corrected chi connectivity index (χ0v) is 19.8. The molecule has 1 aromatic heterocycles. The van der Waals surface area contributed by atoms with Crippen LogP contribution >= 0.6 is 47.2 Å². The first-order valence-corrected chi connectivity index (χ1v) is 9.72. The summed E-state index contributed by atoms with van der Waals surface area (Å²) in [7, 11) is 1.73. The molecule has 0 spiro atoms. The minimum absolute atomic E-state index is 0. The number of ether oxygens (including phenoxy) is 1. The molecule has 0 aromatic carbocycles. The predicted octanol–water partition coefficient (Wildman–Crippen LogP) is 3.20. The van der Waals surface area contributed by atoms with Crippen molar-refractivity contribution >= 4 is 65.0 Å². The van der Waals surface area contributed by atoms with E-state index in [2.05, 4.69) is 25.9 Å². The molecule has 0 unspecified atom stereocenters. The van der Waals surface area contributed by atoms with Crippen molar-refractivity contribution in [3.05, 3.63) is 22.3 Å². The van der Waals surface area contributed by atoms with E-state index in [1.165, 1.54) is 0 Å². The Labute approximate surface area is 192 Å². The number of nitrogens with one attached hydrogen (secondary N) is 3. The summed E-state index contributed by atoms with van der Waals surface area (Å²) in [4.78, 5) is 21.9. The van der Waals surface area contributed by atoms with E-state index in [0.29, 0.717) is 48.6 Å². The zero-order valence-electron chi connectivity index (χ0n) is 16.0. The minimum Gasteiger partial charge on any atom is -0.450 e. The molecule has 0 bridgehead atoms. The van der Waals surface area contributed by atoms with Gasteiger partial charge in [0, 0.05) is 45.5 Å². The first-order valence-electron chi connectivity index (χ1n) is 8.97. The molecule has 1 fully saturated rings. The van der Waals surface area contributed by atoms with Gasteiger partial charge in [-0.25, -0.2) is 9.78 Å². The van der Waals surface area contributed by atoms with E-state index in [1.807, 2.05) is 6.92 Å². The molecular weight excluding hydrogens is 518 g/mol. The number of hydrogen-bond acceptors (Lipinski definition) is 5. The van der Waals surface area contributed by atoms with Crippen LogP contribution in [0.3, 0.4) is 0 Å². The van der Waals surface area contributed by atoms with Crippen molar-refractivity contribution in [1.29, 1.82) is 0 Å². The van der Waals surface area contributed by atoms with Crippen molar-refractivity contribution < 1.29 is 9.53 Å². The maximum absolute atomic E-state index is 11.7. The van der Waals surface area contributed by atoms with Gasteiger partial charge in [0.1, 0.15) is 5.82 Å². The van der Waals surface area contributed by atoms with Crippen LogP contribution in [0, 0.1) is 0 Å². The molecule has 0 atom stereocenters. The molecule has 2 heterocycles. The highest BCUT2D eigenvalue weighted by Crippen LogP contribution is 2.22. The molecule has 0 radical (unpaired) electrons. The van der Waals surface area contributed by atoms with Crippen molar-refractivity contribution in [2.75, 3.05) is 45.2 Å². The van der Waals surface area contributed by atoms with Crippen LogP contribution in [0.4, 0.5) is 10.6 Å². The molecule has 1 aliphatic heterocycles. The van der Waals surface area contributed by atoms with E-state index < -0.39 is 0 Å². The average Bonchev–Trinajstić information content (AvgIpc) is 2.66. The summed E-state index contributed by atoms with van der Waals surface area (Å²) in [6.45, 7) is 4.83. The van der Waals surface area contributed by atoms with Gasteiger partial charge in [0.15, 0.2) is 5.96 Å². The van der Waals surface area contributed by atoms with Gasteiger partial charge in [-0.05, 0) is 25.8 Å². The van der Waals surface area contributed by atoms with Gasteiger partial charge >= 0.3 is 6.09 Å². The van der Waals surface area contributed by atoms with Crippen LogP contribution in [-0.2, 0) is 4.74 Å². The van der Waals surface area contributed by atoms with E-state index in [0.717, 1.165) is 18.8 Å². The first kappa shape index (κ1) is 24.8. The standard InChI is InChI=1S/C17H26Cl2N6O2.HI/c1-3-27-17(26)25-8-4-13(5-9-25)24-16(20-2)22-7-6-21-15-14(19)10-12(18)11-23-15;/h10-11,13H,3-9H2,1-2H3,(H,21,23)(H2,20,22,24);1H. The summed E-state index contributed by atoms with van der Waals surface area (Å²) in [6.07, 6.45) is 3.01. The fourth-order valence-corrected chi connectivity index (χ4v) is 3.16. The molecule has 1 amide bonds. The highest BCUT2D eigenvalue weighted by atomic mass is 127. The van der Waals surface area contributed by atoms with E-state index in [9.17, 15) is 4.79 Å². The number of aromatic nitrogens is 1. The number of carbonyl (C=O) groups excluding carboxylic acids is 1. The Hall–Kier alpha value is -1.20. The SMILES string of the molecule is CCOC(=O)N1CCC(NC(=NC)NCCNc2ncc(Cl)cc2Cl)CC1.I. The van der Waals surface area contributed by atoms with Gasteiger partial charge in [-0.15, -0.1) is 24.0 Å². The van der Waals surface area contributed by atoms with Crippen molar-refractivity contribution in [3.63, 3.8) is 0 Å². The molecule has 0 aliphatic carbocycles. The second-order valence-electron chi connectivity index (χ2n) is 6.01. The molecule has 3 N–H and O–H groups in total. The van der Waals surface area contributed by atoms with Crippen LogP contribution in [0.15, 0.2) is 17.3 Å². The number of amides is 1. The van der Waals surface area contributed by atoms with Crippen LogP contribution in [0.2, 0.25) is 10.0 Å². The third-order valence-electron chi connectivity index (χ3n) is 4.10. The normalized spacial score (nSPS) is 14.9. The van der Waals surface area contributed by atoms with Crippen molar-refractivity contribution in [2.24, 2.45) is 4.99 Å². The second kappa shape index (κ2) is 13.1. The third-order valence-corrected chi connectivity index (χ3v) is 4.60. The molecule has 2 rings (SSSR count). The van der Waals surface area contributed by atoms with Gasteiger partial charge < -0.3 is 25.6 Å². The Balaban J connectivity index is 0.00000392. The number of rotatable bonds is 6. The number of anilines is 1. The van der Waals surface area contributed by atoms with Gasteiger partial charge in [0.25, 0.3) is 0 Å². The van der Waals surface area contributed by atoms with Crippen molar-refractivity contribution in [3.8, 4) is 0 Å². The highest BCUT2D eigenvalue weighted by Gasteiger charge is 2.23. The van der Waals surface area contributed by atoms with Gasteiger partial charge in [-0.1, -0.05) is 23.2 Å². The lowest BCUT2D eigenvalue weighted by Crippen LogP contribution is -2.50. The number of guanidine groups is 1. The molecule has 1 aliphatic rings. The molecule has 1 saturated heterocycles. The number of halogens is 3. The minimum atomic E-state index is -0.237. The van der Waals surface area contributed by atoms with E-state index >= 15 is 0 Å². The first-order chi connectivity index (χ1) is 13.0. The van der Waals surface area contributed by atoms with Crippen LogP contribution in [0.5, 0.6) is 0 Å². The number of pyridine rings is 1. The van der Waals surface area contributed by atoms with E-state index in [-0.39, 0.29) is 36.1 Å². The zero-order chi connectivity index (χ0) is 19.6. The van der Waals surface area contributed by atoms with Gasteiger partial charge in [-0.2, -0.15) is 0 Å². The summed E-state index contributed by atoms with van der Waals surface area (Å²) >= 11 is 11.9. The van der Waals surface area contributed by atoms with Crippen LogP contribution < -0.4 is 16.0 Å². The lowest BCUT2D eigenvalue weighted by molar-refractivity contribution is 0.0963. The smallest absolute Gasteiger partial charge is 0.409 e. The maximum atomic E-state index is 11.7. The van der Waals surface area contributed by atoms with E-state index in [4.69, 9.17) is 27.9 Å². The summed E-state index contributed by atoms with van der Waals surface area (Å²) in [6, 6.07) is 1.91. The third kappa shape index (κ3) is 8.04. The summed E-state index contributed by atoms with van der Waals surface area (Å²) in [5.41, 5.74) is 0. The molecule has 11 heteroatoms. The predicted molar refractivity (Wildman–Crippen MR) is 124 cm³/mol. The number of hydrogen-bond donors (Lipinski definition) is 3. The highest BCUT2D eigenvalue weighted by molar-refractivity contribution is 14.0. The van der Waals surface area contributed by atoms with Crippen LogP contribution in [0.1, 0.15) is 19.8 Å². The number of likely N-dealkylation sites (tertiary alicyclic amines) is 1. The van der Waals surface area contributed by atoms with Gasteiger partial charge in [-0.3, -0.25) is 4.99 Å². The lowest BCUT2D eigenvalue weighted by atomic mass is 10.1. The van der Waals surface area contributed by atoms with Crippen molar-refractivity contribution in [1.82, 2.24) is 20.5 Å². The molecule has 28 heavy (non-hydrogen) atoms. The summed E-state index contributed by atoms with van der Waals surface area (Å²) < 4.78 is 5.04. The largest absolute Gasteiger partial charge is 0.450 e. The quantitative estimate of drug-likeness (QED) is 0.220. The Morgan fingerprint density at radius 2 is 2.07 bits per heavy atom. The topological polar surface area (TPSA) is 90.9 Å². The summed E-state index contributed by atoms with van der Waals surface area (Å²) in [5, 5.41) is 10.8. The second-order valence-corrected chi connectivity index (χ2v) is 6.86. The maximum Gasteiger partial charge on any atom is 0.409 e. The number of aliphatic imine (C=N–C) groups is 1. The van der Waals surface area contributed by atoms with Gasteiger partial charge in [0.05, 0.1) is 16.7 Å². The molecular formula is C17H27Cl2IN6O2. The molecule has 158 valence electrons. The summed E-state index contributed by atoms with van der Waals surface area (Å²) in [5.74, 6) is 1.32. The average molecular weight is 545 g/mol. The Morgan fingerprint density at radius 3 is 2.68 bits per heavy atom. The Morgan fingerprint density at radius 1 is 1.36 bits per heavy atom. The lowest BCUT2D eigenvalue weighted by Gasteiger charge is -2.32. The monoisotopic (exact) mass is 544 g/mol. The molecule has 1 aromatic rings. The van der Waals surface area contributed by atoms with Crippen molar-refractivity contribution in [2.45, 2.75) is 25.8 Å². The Kier molecular flexibility index (Phi) is 11.6. The molecule has 0 saturated carbocycles. The van der Waals surface area contributed by atoms with Crippen LogP contribution in [-0.4, -0.2) is 67.8 Å². The van der Waals surface area contributed by atoms with E-state index in [1.54, 1.807) is 24.2 Å². The number of nitrogens with zero attached hydrogens (tertiary/aromatic N) is 3. The molecule has 8 nitrogen and oxygen atoms in total. The Bertz CT molecular complexity index is 657. The fourth-order valence-electron chi connectivity index (χ4n) is 2.72. The van der Waals surface area contributed by atoms with Crippen LogP contribution in [0.25, 0.3) is 0 Å². The fraction of sp³-hybridized carbons (Fsp3) is 0.588. The van der Waals surface area contributed by atoms with Gasteiger partial charge in [0.2, 0.25) is 0 Å². The number of piperidine rings is 1.